The van der Waals surface area contributed by atoms with Crippen molar-refractivity contribution in [3.8, 4) is 5.75 Å². The van der Waals surface area contributed by atoms with E-state index in [1.165, 1.54) is 18.4 Å². The lowest BCUT2D eigenvalue weighted by Gasteiger charge is -2.16. The predicted octanol–water partition coefficient (Wildman–Crippen LogP) is 2.26. The van der Waals surface area contributed by atoms with E-state index in [1.807, 2.05) is 0 Å². The number of carbonyl (C=O) groups excluding carboxylic acids is 1. The van der Waals surface area contributed by atoms with Crippen LogP contribution in [0.3, 0.4) is 0 Å². The van der Waals surface area contributed by atoms with Crippen molar-refractivity contribution in [2.75, 3.05) is 19.8 Å². The van der Waals surface area contributed by atoms with Crippen LogP contribution in [0.5, 0.6) is 5.75 Å². The van der Waals surface area contributed by atoms with Gasteiger partial charge in [0.15, 0.2) is 0 Å². The van der Waals surface area contributed by atoms with Crippen LogP contribution in [-0.2, 0) is 15.7 Å². The number of ether oxygens (including phenoxy) is 2. The maximum atomic E-state index is 12.6. The average molecular weight is 345 g/mol. The molecule has 5 nitrogen and oxygen atoms in total. The maximum absolute atomic E-state index is 12.6. The lowest BCUT2D eigenvalue weighted by molar-refractivity contribution is -0.137. The van der Waals surface area contributed by atoms with Gasteiger partial charge in [-0.05, 0) is 31.0 Å². The number of aliphatic hydroxyl groups excluding tert-OH is 1. The van der Waals surface area contributed by atoms with Gasteiger partial charge >= 0.3 is 6.18 Å². The molecule has 1 aromatic rings. The van der Waals surface area contributed by atoms with Gasteiger partial charge in [-0.3, -0.25) is 4.79 Å². The molecule has 1 aliphatic heterocycles. The van der Waals surface area contributed by atoms with Gasteiger partial charge in [-0.25, -0.2) is 0 Å². The van der Waals surface area contributed by atoms with Crippen molar-refractivity contribution >= 4 is 5.91 Å². The van der Waals surface area contributed by atoms with Crippen LogP contribution in [0.4, 0.5) is 13.2 Å². The lowest BCUT2D eigenvalue weighted by atomic mass is 10.1. The number of benzene rings is 1. The molecule has 1 atom stereocenters. The highest BCUT2D eigenvalue weighted by atomic mass is 19.4. The van der Waals surface area contributed by atoms with Crippen LogP contribution in [0.2, 0.25) is 0 Å². The molecule has 0 saturated carbocycles. The fourth-order valence-electron chi connectivity index (χ4n) is 2.07. The van der Waals surface area contributed by atoms with Crippen molar-refractivity contribution in [1.29, 1.82) is 0 Å². The van der Waals surface area contributed by atoms with Crippen molar-refractivity contribution in [2.45, 2.75) is 25.1 Å². The quantitative estimate of drug-likeness (QED) is 0.830. The maximum Gasteiger partial charge on any atom is 0.416 e. The van der Waals surface area contributed by atoms with Gasteiger partial charge in [0.05, 0.1) is 24.0 Å². The van der Waals surface area contributed by atoms with Gasteiger partial charge in [-0.2, -0.15) is 13.2 Å². The molecule has 1 aromatic carbocycles. The van der Waals surface area contributed by atoms with E-state index in [4.69, 9.17) is 9.47 Å². The first kappa shape index (κ1) is 18.1. The van der Waals surface area contributed by atoms with Crippen LogP contribution in [0.15, 0.2) is 36.1 Å². The first-order valence-electron chi connectivity index (χ1n) is 7.43. The molecule has 0 aromatic heterocycles. The molecule has 1 amide bonds. The van der Waals surface area contributed by atoms with Gasteiger partial charge in [0, 0.05) is 6.54 Å². The molecule has 0 bridgehead atoms. The zero-order valence-corrected chi connectivity index (χ0v) is 12.8. The molecule has 24 heavy (non-hydrogen) atoms. The van der Waals surface area contributed by atoms with Gasteiger partial charge in [-0.15, -0.1) is 0 Å². The molecular formula is C16H18F3NO4. The van der Waals surface area contributed by atoms with Crippen molar-refractivity contribution in [2.24, 2.45) is 0 Å². The minimum atomic E-state index is -4.46. The monoisotopic (exact) mass is 345 g/mol. The van der Waals surface area contributed by atoms with E-state index in [0.29, 0.717) is 18.6 Å². The zero-order chi connectivity index (χ0) is 17.6. The summed E-state index contributed by atoms with van der Waals surface area (Å²) in [5.41, 5.74) is -0.334. The van der Waals surface area contributed by atoms with Crippen molar-refractivity contribution < 1.29 is 32.5 Å². The van der Waals surface area contributed by atoms with Crippen LogP contribution in [0.25, 0.3) is 0 Å². The molecule has 0 aliphatic carbocycles. The number of hydrogen-bond acceptors (Lipinski definition) is 4. The summed E-state index contributed by atoms with van der Waals surface area (Å²) >= 11 is 0. The number of hydrogen-bond donors (Lipinski definition) is 2. The van der Waals surface area contributed by atoms with Gasteiger partial charge in [-0.1, -0.05) is 6.07 Å². The van der Waals surface area contributed by atoms with Gasteiger partial charge in [0.1, 0.15) is 18.5 Å². The molecule has 0 radical (unpaired) electrons. The van der Waals surface area contributed by atoms with Crippen molar-refractivity contribution in [3.05, 3.63) is 41.7 Å². The number of alkyl halides is 3. The third-order valence-corrected chi connectivity index (χ3v) is 3.33. The Bertz CT molecular complexity index is 601. The van der Waals surface area contributed by atoms with E-state index in [1.54, 1.807) is 0 Å². The number of halogens is 3. The highest BCUT2D eigenvalue weighted by molar-refractivity contribution is 5.93. The van der Waals surface area contributed by atoms with E-state index in [-0.39, 0.29) is 24.8 Å². The molecule has 0 saturated heterocycles. The molecule has 2 N–H and O–H groups in total. The predicted molar refractivity (Wildman–Crippen MR) is 79.2 cm³/mol. The van der Waals surface area contributed by atoms with Crippen LogP contribution in [0, 0.1) is 0 Å². The Morgan fingerprint density at radius 3 is 2.88 bits per heavy atom. The topological polar surface area (TPSA) is 67.8 Å². The Balaban J connectivity index is 1.78. The summed E-state index contributed by atoms with van der Waals surface area (Å²) < 4.78 is 47.9. The fraction of sp³-hybridized carbons (Fsp3) is 0.438. The molecule has 8 heteroatoms. The smallest absolute Gasteiger partial charge is 0.416 e. The second-order valence-electron chi connectivity index (χ2n) is 5.32. The SMILES string of the molecule is O=C(NC[C@H](O)COc1cccc(C(F)(F)F)c1)C1=COCCC1. The normalized spacial score (nSPS) is 15.9. The molecule has 1 aliphatic rings. The standard InChI is InChI=1S/C16H18F3NO4/c17-16(18,19)12-4-1-5-14(7-12)24-10-13(21)8-20-15(22)11-3-2-6-23-9-11/h1,4-5,7,9,13,21H,2-3,6,8,10H2,(H,20,22)/t13-/m0/s1. The molecule has 2 rings (SSSR count). The first-order chi connectivity index (χ1) is 11.4. The Kier molecular flexibility index (Phi) is 6.08. The van der Waals surface area contributed by atoms with E-state index >= 15 is 0 Å². The summed E-state index contributed by atoms with van der Waals surface area (Å²) in [6.07, 6.45) is -2.76. The van der Waals surface area contributed by atoms with Crippen LogP contribution < -0.4 is 10.1 Å². The highest BCUT2D eigenvalue weighted by Gasteiger charge is 2.30. The number of aliphatic hydroxyl groups is 1. The van der Waals surface area contributed by atoms with Gasteiger partial charge in [0.2, 0.25) is 5.91 Å². The van der Waals surface area contributed by atoms with Gasteiger partial charge < -0.3 is 19.9 Å². The number of carbonyl (C=O) groups is 1. The highest BCUT2D eigenvalue weighted by Crippen LogP contribution is 2.31. The summed E-state index contributed by atoms with van der Waals surface area (Å²) in [6.45, 7) is 0.260. The van der Waals surface area contributed by atoms with Crippen LogP contribution in [-0.4, -0.2) is 36.9 Å². The summed E-state index contributed by atoms with van der Waals surface area (Å²) in [6, 6.07) is 4.38. The Morgan fingerprint density at radius 2 is 2.21 bits per heavy atom. The number of amides is 1. The zero-order valence-electron chi connectivity index (χ0n) is 12.8. The molecule has 0 spiro atoms. The number of rotatable bonds is 6. The third-order valence-electron chi connectivity index (χ3n) is 3.33. The van der Waals surface area contributed by atoms with E-state index in [2.05, 4.69) is 5.32 Å². The second-order valence-corrected chi connectivity index (χ2v) is 5.32. The fourth-order valence-corrected chi connectivity index (χ4v) is 2.07. The molecule has 1 heterocycles. The second kappa shape index (κ2) is 8.05. The summed E-state index contributed by atoms with van der Waals surface area (Å²) in [5, 5.41) is 12.3. The molecule has 0 fully saturated rings. The summed E-state index contributed by atoms with van der Waals surface area (Å²) in [7, 11) is 0. The minimum Gasteiger partial charge on any atom is -0.501 e. The Labute approximate surface area is 137 Å². The van der Waals surface area contributed by atoms with E-state index in [0.717, 1.165) is 18.6 Å². The van der Waals surface area contributed by atoms with Crippen LogP contribution in [0.1, 0.15) is 18.4 Å². The molecular weight excluding hydrogens is 327 g/mol. The van der Waals surface area contributed by atoms with E-state index < -0.39 is 17.8 Å². The minimum absolute atomic E-state index is 0.00131. The largest absolute Gasteiger partial charge is 0.501 e. The molecule has 132 valence electrons. The number of nitrogens with one attached hydrogen (secondary N) is 1. The lowest BCUT2D eigenvalue weighted by Crippen LogP contribution is -2.36. The summed E-state index contributed by atoms with van der Waals surface area (Å²) in [4.78, 5) is 11.8. The molecule has 0 unspecified atom stereocenters. The van der Waals surface area contributed by atoms with Crippen molar-refractivity contribution in [3.63, 3.8) is 0 Å². The van der Waals surface area contributed by atoms with E-state index in [9.17, 15) is 23.1 Å². The third kappa shape index (κ3) is 5.45. The first-order valence-corrected chi connectivity index (χ1v) is 7.43. The Morgan fingerprint density at radius 1 is 1.42 bits per heavy atom. The van der Waals surface area contributed by atoms with Crippen molar-refractivity contribution in [1.82, 2.24) is 5.32 Å². The average Bonchev–Trinajstić information content (AvgIpc) is 2.58. The van der Waals surface area contributed by atoms with Gasteiger partial charge in [0.25, 0.3) is 0 Å². The summed E-state index contributed by atoms with van der Waals surface area (Å²) in [5.74, 6) is -0.341. The van der Waals surface area contributed by atoms with Crippen LogP contribution >= 0.6 is 0 Å². The Hall–Kier alpha value is -2.22.